The summed E-state index contributed by atoms with van der Waals surface area (Å²) in [6.07, 6.45) is 5.10. The minimum Gasteiger partial charge on any atom is -0.508 e. The molecule has 1 aromatic rings. The average Bonchev–Trinajstić information content (AvgIpc) is 2.85. The summed E-state index contributed by atoms with van der Waals surface area (Å²) >= 11 is 0. The van der Waals surface area contributed by atoms with Crippen molar-refractivity contribution in [3.8, 4) is 5.75 Å². The Balaban J connectivity index is 1.76. The van der Waals surface area contributed by atoms with Crippen molar-refractivity contribution in [1.29, 1.82) is 0 Å². The van der Waals surface area contributed by atoms with E-state index in [1.54, 1.807) is 12.1 Å². The molecular formula is C14H19NO2. The molecule has 1 aliphatic carbocycles. The number of carbonyl (C=O) groups is 1. The van der Waals surface area contributed by atoms with Gasteiger partial charge in [0.05, 0.1) is 0 Å². The molecule has 1 amide bonds. The fraction of sp³-hybridized carbons (Fsp3) is 0.500. The summed E-state index contributed by atoms with van der Waals surface area (Å²) in [6, 6.07) is 7.26. The number of phenols is 1. The number of aromatic hydroxyl groups is 1. The molecular weight excluding hydrogens is 214 g/mol. The molecule has 0 atom stereocenters. The summed E-state index contributed by atoms with van der Waals surface area (Å²) in [4.78, 5) is 11.7. The zero-order valence-electron chi connectivity index (χ0n) is 9.98. The first kappa shape index (κ1) is 12.0. The van der Waals surface area contributed by atoms with E-state index in [9.17, 15) is 9.90 Å². The molecule has 0 aromatic heterocycles. The van der Waals surface area contributed by atoms with E-state index in [0.29, 0.717) is 18.7 Å². The average molecular weight is 233 g/mol. The topological polar surface area (TPSA) is 49.3 Å². The van der Waals surface area contributed by atoms with Crippen LogP contribution in [0.4, 0.5) is 0 Å². The minimum atomic E-state index is 0.179. The highest BCUT2D eigenvalue weighted by molar-refractivity contribution is 5.78. The molecule has 0 heterocycles. The van der Waals surface area contributed by atoms with Gasteiger partial charge < -0.3 is 10.4 Å². The van der Waals surface area contributed by atoms with Gasteiger partial charge in [-0.3, -0.25) is 4.79 Å². The van der Waals surface area contributed by atoms with Crippen molar-refractivity contribution < 1.29 is 9.90 Å². The lowest BCUT2D eigenvalue weighted by Gasteiger charge is -2.10. The maximum Gasteiger partial charge on any atom is 0.223 e. The summed E-state index contributed by atoms with van der Waals surface area (Å²) in [5, 5.41) is 12.5. The standard InChI is InChI=1S/C14H19NO2/c16-13-8-4-3-5-11(13)9-10-15-14(17)12-6-1-2-7-12/h3-5,8,12,16H,1-2,6-7,9-10H2,(H,15,17). The maximum atomic E-state index is 11.7. The van der Waals surface area contributed by atoms with E-state index in [-0.39, 0.29) is 11.8 Å². The number of hydrogen-bond acceptors (Lipinski definition) is 2. The lowest BCUT2D eigenvalue weighted by atomic mass is 10.1. The molecule has 0 saturated heterocycles. The fourth-order valence-corrected chi connectivity index (χ4v) is 2.37. The second-order valence-electron chi connectivity index (χ2n) is 4.65. The minimum absolute atomic E-state index is 0.179. The highest BCUT2D eigenvalue weighted by Crippen LogP contribution is 2.24. The smallest absolute Gasteiger partial charge is 0.223 e. The normalized spacial score (nSPS) is 16.0. The van der Waals surface area contributed by atoms with Gasteiger partial charge in [0.2, 0.25) is 5.91 Å². The van der Waals surface area contributed by atoms with Gasteiger partial charge in [0.15, 0.2) is 0 Å². The molecule has 0 spiro atoms. The van der Waals surface area contributed by atoms with Crippen molar-refractivity contribution in [3.63, 3.8) is 0 Å². The summed E-state index contributed by atoms with van der Waals surface area (Å²) in [7, 11) is 0. The number of amides is 1. The van der Waals surface area contributed by atoms with Crippen LogP contribution in [0.2, 0.25) is 0 Å². The van der Waals surface area contributed by atoms with Crippen LogP contribution in [0.1, 0.15) is 31.2 Å². The van der Waals surface area contributed by atoms with E-state index in [1.165, 1.54) is 12.8 Å². The van der Waals surface area contributed by atoms with Crippen molar-refractivity contribution in [3.05, 3.63) is 29.8 Å². The molecule has 17 heavy (non-hydrogen) atoms. The monoisotopic (exact) mass is 233 g/mol. The van der Waals surface area contributed by atoms with E-state index in [2.05, 4.69) is 5.32 Å². The second-order valence-corrected chi connectivity index (χ2v) is 4.65. The van der Waals surface area contributed by atoms with E-state index in [0.717, 1.165) is 18.4 Å². The number of carbonyl (C=O) groups excluding carboxylic acids is 1. The predicted molar refractivity (Wildman–Crippen MR) is 66.8 cm³/mol. The Bertz CT molecular complexity index is 384. The first-order valence-electron chi connectivity index (χ1n) is 6.32. The van der Waals surface area contributed by atoms with E-state index in [4.69, 9.17) is 0 Å². The molecule has 1 saturated carbocycles. The van der Waals surface area contributed by atoms with Gasteiger partial charge in [0.25, 0.3) is 0 Å². The van der Waals surface area contributed by atoms with Crippen LogP contribution in [-0.2, 0) is 11.2 Å². The van der Waals surface area contributed by atoms with Crippen LogP contribution in [0.3, 0.4) is 0 Å². The largest absolute Gasteiger partial charge is 0.508 e. The van der Waals surface area contributed by atoms with Crippen molar-refractivity contribution in [1.82, 2.24) is 5.32 Å². The quantitative estimate of drug-likeness (QED) is 0.838. The number of nitrogens with one attached hydrogen (secondary N) is 1. The van der Waals surface area contributed by atoms with E-state index < -0.39 is 0 Å². The molecule has 0 radical (unpaired) electrons. The van der Waals surface area contributed by atoms with Crippen LogP contribution in [0.5, 0.6) is 5.75 Å². The van der Waals surface area contributed by atoms with Gasteiger partial charge in [-0.2, -0.15) is 0 Å². The predicted octanol–water partition coefficient (Wildman–Crippen LogP) is 2.24. The number of phenolic OH excluding ortho intramolecular Hbond substituents is 1. The van der Waals surface area contributed by atoms with Crippen LogP contribution < -0.4 is 5.32 Å². The molecule has 1 aromatic carbocycles. The van der Waals surface area contributed by atoms with Crippen LogP contribution >= 0.6 is 0 Å². The van der Waals surface area contributed by atoms with Crippen molar-refractivity contribution in [2.24, 2.45) is 5.92 Å². The van der Waals surface area contributed by atoms with Gasteiger partial charge in [-0.15, -0.1) is 0 Å². The molecule has 0 aliphatic heterocycles. The summed E-state index contributed by atoms with van der Waals surface area (Å²) in [6.45, 7) is 0.604. The Kier molecular flexibility index (Phi) is 4.02. The van der Waals surface area contributed by atoms with Crippen molar-refractivity contribution in [2.45, 2.75) is 32.1 Å². The van der Waals surface area contributed by atoms with Crippen LogP contribution in [0.25, 0.3) is 0 Å². The highest BCUT2D eigenvalue weighted by atomic mass is 16.3. The number of para-hydroxylation sites is 1. The van der Waals surface area contributed by atoms with Gasteiger partial charge in [-0.05, 0) is 30.9 Å². The fourth-order valence-electron chi connectivity index (χ4n) is 2.37. The molecule has 0 unspecified atom stereocenters. The Morgan fingerprint density at radius 1 is 1.29 bits per heavy atom. The zero-order chi connectivity index (χ0) is 12.1. The number of hydrogen-bond donors (Lipinski definition) is 2. The van der Waals surface area contributed by atoms with Gasteiger partial charge in [0, 0.05) is 12.5 Å². The van der Waals surface area contributed by atoms with Gasteiger partial charge >= 0.3 is 0 Å². The molecule has 3 nitrogen and oxygen atoms in total. The Hall–Kier alpha value is -1.51. The number of benzene rings is 1. The molecule has 2 N–H and O–H groups in total. The lowest BCUT2D eigenvalue weighted by molar-refractivity contribution is -0.124. The Morgan fingerprint density at radius 2 is 2.00 bits per heavy atom. The summed E-state index contributed by atoms with van der Waals surface area (Å²) < 4.78 is 0. The van der Waals surface area contributed by atoms with Gasteiger partial charge in [-0.1, -0.05) is 31.0 Å². The van der Waals surface area contributed by atoms with Crippen molar-refractivity contribution >= 4 is 5.91 Å². The van der Waals surface area contributed by atoms with Crippen LogP contribution in [-0.4, -0.2) is 17.6 Å². The maximum absolute atomic E-state index is 11.7. The SMILES string of the molecule is O=C(NCCc1ccccc1O)C1CCCC1. The third-order valence-electron chi connectivity index (χ3n) is 3.41. The molecule has 1 aliphatic rings. The zero-order valence-corrected chi connectivity index (χ0v) is 9.98. The Morgan fingerprint density at radius 3 is 2.71 bits per heavy atom. The molecule has 0 bridgehead atoms. The Labute approximate surface area is 102 Å². The lowest BCUT2D eigenvalue weighted by Crippen LogP contribution is -2.30. The molecule has 92 valence electrons. The first-order chi connectivity index (χ1) is 8.27. The summed E-state index contributed by atoms with van der Waals surface area (Å²) in [5.41, 5.74) is 0.888. The van der Waals surface area contributed by atoms with Crippen LogP contribution in [0, 0.1) is 5.92 Å². The van der Waals surface area contributed by atoms with E-state index >= 15 is 0 Å². The third-order valence-corrected chi connectivity index (χ3v) is 3.41. The third kappa shape index (κ3) is 3.22. The highest BCUT2D eigenvalue weighted by Gasteiger charge is 2.21. The molecule has 3 heteroatoms. The second kappa shape index (κ2) is 5.71. The number of rotatable bonds is 4. The first-order valence-corrected chi connectivity index (χ1v) is 6.32. The molecule has 1 fully saturated rings. The van der Waals surface area contributed by atoms with Crippen LogP contribution in [0.15, 0.2) is 24.3 Å². The molecule has 2 rings (SSSR count). The van der Waals surface area contributed by atoms with Gasteiger partial charge in [-0.25, -0.2) is 0 Å². The van der Waals surface area contributed by atoms with Gasteiger partial charge in [0.1, 0.15) is 5.75 Å². The van der Waals surface area contributed by atoms with E-state index in [1.807, 2.05) is 12.1 Å². The summed E-state index contributed by atoms with van der Waals surface area (Å²) in [5.74, 6) is 0.708. The van der Waals surface area contributed by atoms with Crippen molar-refractivity contribution in [2.75, 3.05) is 6.54 Å².